The standard InChI is InChI=1S/C16H15Cl2N3O2/c1-2-19-15(22)13-5-3-4-6-14(13)21-16(23)20-12-8-10(17)7-11(18)9-12/h3-9H,2H2,1H3,(H,19,22)(H2,20,21,23). The number of urea groups is 1. The van der Waals surface area contributed by atoms with Crippen molar-refractivity contribution in [2.75, 3.05) is 17.2 Å². The molecule has 0 atom stereocenters. The lowest BCUT2D eigenvalue weighted by Gasteiger charge is -2.12. The van der Waals surface area contributed by atoms with Crippen molar-refractivity contribution >= 4 is 46.5 Å². The molecule has 0 saturated heterocycles. The van der Waals surface area contributed by atoms with Gasteiger partial charge in [-0.1, -0.05) is 35.3 Å². The van der Waals surface area contributed by atoms with E-state index in [1.54, 1.807) is 42.5 Å². The molecule has 2 rings (SSSR count). The zero-order valence-electron chi connectivity index (χ0n) is 12.3. The second-order valence-corrected chi connectivity index (χ2v) is 5.52. The van der Waals surface area contributed by atoms with Crippen molar-refractivity contribution in [2.45, 2.75) is 6.92 Å². The van der Waals surface area contributed by atoms with Gasteiger partial charge in [-0.15, -0.1) is 0 Å². The molecule has 23 heavy (non-hydrogen) atoms. The summed E-state index contributed by atoms with van der Waals surface area (Å²) in [4.78, 5) is 24.1. The van der Waals surface area contributed by atoms with Crippen molar-refractivity contribution in [1.82, 2.24) is 5.32 Å². The first-order valence-corrected chi connectivity index (χ1v) is 7.66. The van der Waals surface area contributed by atoms with Crippen LogP contribution in [0, 0.1) is 0 Å². The molecule has 0 fully saturated rings. The molecule has 0 aliphatic carbocycles. The number of amides is 3. The average Bonchev–Trinajstić information content (AvgIpc) is 2.46. The molecule has 0 bridgehead atoms. The number of anilines is 2. The van der Waals surface area contributed by atoms with Gasteiger partial charge in [0.1, 0.15) is 0 Å². The van der Waals surface area contributed by atoms with Crippen LogP contribution in [0.15, 0.2) is 42.5 Å². The Balaban J connectivity index is 2.13. The predicted octanol–water partition coefficient (Wildman–Crippen LogP) is 4.39. The molecular weight excluding hydrogens is 337 g/mol. The van der Waals surface area contributed by atoms with Crippen LogP contribution < -0.4 is 16.0 Å². The maximum Gasteiger partial charge on any atom is 0.323 e. The topological polar surface area (TPSA) is 70.2 Å². The molecule has 2 aromatic carbocycles. The first kappa shape index (κ1) is 17.1. The monoisotopic (exact) mass is 351 g/mol. The minimum absolute atomic E-state index is 0.255. The molecule has 5 nitrogen and oxygen atoms in total. The molecule has 2 aromatic rings. The number of para-hydroxylation sites is 1. The third-order valence-electron chi connectivity index (χ3n) is 2.88. The van der Waals surface area contributed by atoms with Crippen LogP contribution in [0.3, 0.4) is 0 Å². The van der Waals surface area contributed by atoms with Gasteiger partial charge in [-0.25, -0.2) is 4.79 Å². The van der Waals surface area contributed by atoms with Crippen LogP contribution in [0.5, 0.6) is 0 Å². The van der Waals surface area contributed by atoms with Gasteiger partial charge in [0.25, 0.3) is 5.91 Å². The molecule has 0 spiro atoms. The summed E-state index contributed by atoms with van der Waals surface area (Å²) in [5.41, 5.74) is 1.24. The van der Waals surface area contributed by atoms with Crippen LogP contribution in [0.1, 0.15) is 17.3 Å². The van der Waals surface area contributed by atoms with Crippen LogP contribution in [0.4, 0.5) is 16.2 Å². The van der Waals surface area contributed by atoms with Gasteiger partial charge in [-0.05, 0) is 37.3 Å². The molecule has 0 aromatic heterocycles. The van der Waals surface area contributed by atoms with E-state index in [9.17, 15) is 9.59 Å². The lowest BCUT2D eigenvalue weighted by atomic mass is 10.1. The van der Waals surface area contributed by atoms with Crippen molar-refractivity contribution in [2.24, 2.45) is 0 Å². The summed E-state index contributed by atoms with van der Waals surface area (Å²) >= 11 is 11.8. The molecule has 0 aliphatic heterocycles. The van der Waals surface area contributed by atoms with E-state index in [2.05, 4.69) is 16.0 Å². The van der Waals surface area contributed by atoms with Gasteiger partial charge in [-0.2, -0.15) is 0 Å². The minimum Gasteiger partial charge on any atom is -0.352 e. The number of hydrogen-bond acceptors (Lipinski definition) is 2. The van der Waals surface area contributed by atoms with Gasteiger partial charge in [0.05, 0.1) is 11.3 Å². The summed E-state index contributed by atoms with van der Waals surface area (Å²) in [7, 11) is 0. The van der Waals surface area contributed by atoms with E-state index in [1.165, 1.54) is 0 Å². The second kappa shape index (κ2) is 7.85. The first-order chi connectivity index (χ1) is 11.0. The Hall–Kier alpha value is -2.24. The second-order valence-electron chi connectivity index (χ2n) is 4.64. The number of carbonyl (C=O) groups excluding carboxylic acids is 2. The SMILES string of the molecule is CCNC(=O)c1ccccc1NC(=O)Nc1cc(Cl)cc(Cl)c1. The van der Waals surface area contributed by atoms with Crippen LogP contribution in [0.2, 0.25) is 10.0 Å². The third-order valence-corrected chi connectivity index (χ3v) is 3.31. The van der Waals surface area contributed by atoms with E-state index < -0.39 is 6.03 Å². The van der Waals surface area contributed by atoms with Crippen molar-refractivity contribution in [3.8, 4) is 0 Å². The Morgan fingerprint density at radius 3 is 2.30 bits per heavy atom. The molecule has 0 radical (unpaired) electrons. The summed E-state index contributed by atoms with van der Waals surface area (Å²) in [5.74, 6) is -0.255. The molecule has 3 amide bonds. The molecule has 120 valence electrons. The summed E-state index contributed by atoms with van der Waals surface area (Å²) in [6, 6.07) is 11.0. The molecular formula is C16H15Cl2N3O2. The van der Waals surface area contributed by atoms with Gasteiger partial charge in [0.15, 0.2) is 0 Å². The van der Waals surface area contributed by atoms with Crippen molar-refractivity contribution in [3.05, 3.63) is 58.1 Å². The van der Waals surface area contributed by atoms with Crippen molar-refractivity contribution in [1.29, 1.82) is 0 Å². The highest BCUT2D eigenvalue weighted by Gasteiger charge is 2.12. The van der Waals surface area contributed by atoms with Crippen LogP contribution in [-0.4, -0.2) is 18.5 Å². The molecule has 0 saturated carbocycles. The van der Waals surface area contributed by atoms with Crippen molar-refractivity contribution in [3.63, 3.8) is 0 Å². The highest BCUT2D eigenvalue weighted by molar-refractivity contribution is 6.35. The van der Waals surface area contributed by atoms with E-state index in [4.69, 9.17) is 23.2 Å². The normalized spacial score (nSPS) is 10.0. The fourth-order valence-corrected chi connectivity index (χ4v) is 2.48. The summed E-state index contributed by atoms with van der Waals surface area (Å²) in [5, 5.41) is 8.78. The maximum absolute atomic E-state index is 12.1. The largest absolute Gasteiger partial charge is 0.352 e. The number of nitrogens with one attached hydrogen (secondary N) is 3. The Bertz CT molecular complexity index is 715. The van der Waals surface area contributed by atoms with Crippen molar-refractivity contribution < 1.29 is 9.59 Å². The van der Waals surface area contributed by atoms with Gasteiger partial charge in [0, 0.05) is 22.3 Å². The molecule has 0 aliphatic rings. The van der Waals surface area contributed by atoms with Crippen LogP contribution >= 0.6 is 23.2 Å². The Morgan fingerprint density at radius 2 is 1.65 bits per heavy atom. The summed E-state index contributed by atoms with van der Waals surface area (Å²) in [6.45, 7) is 2.32. The van der Waals surface area contributed by atoms with Crippen LogP contribution in [0.25, 0.3) is 0 Å². The number of carbonyl (C=O) groups is 2. The predicted molar refractivity (Wildman–Crippen MR) is 93.6 cm³/mol. The van der Waals surface area contributed by atoms with E-state index in [0.29, 0.717) is 33.5 Å². The molecule has 0 heterocycles. The van der Waals surface area contributed by atoms with E-state index in [0.717, 1.165) is 0 Å². The average molecular weight is 352 g/mol. The third kappa shape index (κ3) is 4.87. The Morgan fingerprint density at radius 1 is 1.00 bits per heavy atom. The van der Waals surface area contributed by atoms with Crippen LogP contribution in [-0.2, 0) is 0 Å². The fraction of sp³-hybridized carbons (Fsp3) is 0.125. The van der Waals surface area contributed by atoms with Gasteiger partial charge < -0.3 is 16.0 Å². The number of rotatable bonds is 4. The fourth-order valence-electron chi connectivity index (χ4n) is 1.96. The maximum atomic E-state index is 12.1. The van der Waals surface area contributed by atoms with Gasteiger partial charge in [-0.3, -0.25) is 4.79 Å². The Kier molecular flexibility index (Phi) is 5.84. The lowest BCUT2D eigenvalue weighted by Crippen LogP contribution is -2.26. The number of hydrogen-bond donors (Lipinski definition) is 3. The first-order valence-electron chi connectivity index (χ1n) is 6.91. The molecule has 0 unspecified atom stereocenters. The lowest BCUT2D eigenvalue weighted by molar-refractivity contribution is 0.0956. The smallest absolute Gasteiger partial charge is 0.323 e. The van der Waals surface area contributed by atoms with E-state index in [-0.39, 0.29) is 5.91 Å². The molecule has 3 N–H and O–H groups in total. The van der Waals surface area contributed by atoms with E-state index >= 15 is 0 Å². The Labute approximate surface area is 144 Å². The zero-order chi connectivity index (χ0) is 16.8. The number of halogens is 2. The zero-order valence-corrected chi connectivity index (χ0v) is 13.8. The highest BCUT2D eigenvalue weighted by atomic mass is 35.5. The quantitative estimate of drug-likeness (QED) is 0.764. The van der Waals surface area contributed by atoms with E-state index in [1.807, 2.05) is 6.92 Å². The van der Waals surface area contributed by atoms with Gasteiger partial charge >= 0.3 is 6.03 Å². The summed E-state index contributed by atoms with van der Waals surface area (Å²) < 4.78 is 0. The minimum atomic E-state index is -0.500. The number of benzene rings is 2. The molecule has 7 heteroatoms. The summed E-state index contributed by atoms with van der Waals surface area (Å²) in [6.07, 6.45) is 0. The highest BCUT2D eigenvalue weighted by Crippen LogP contribution is 2.23. The van der Waals surface area contributed by atoms with Gasteiger partial charge in [0.2, 0.25) is 0 Å².